The summed E-state index contributed by atoms with van der Waals surface area (Å²) in [6.07, 6.45) is 0.762. The topological polar surface area (TPSA) is 82.8 Å². The van der Waals surface area contributed by atoms with Gasteiger partial charge in [-0.3, -0.25) is 4.57 Å². The summed E-state index contributed by atoms with van der Waals surface area (Å²) in [6.45, 7) is 1.20. The number of hydrogen-bond donors (Lipinski definition) is 1. The Hall–Kier alpha value is -2.28. The van der Waals surface area contributed by atoms with Crippen molar-refractivity contribution in [1.29, 1.82) is 0 Å². The molecular weight excluding hydrogens is 276 g/mol. The molecule has 1 atom stereocenters. The molecule has 1 N–H and O–H groups in total. The molecule has 0 aliphatic carbocycles. The van der Waals surface area contributed by atoms with Crippen LogP contribution in [0.25, 0.3) is 10.9 Å². The lowest BCUT2D eigenvalue weighted by atomic mass is 10.2. The van der Waals surface area contributed by atoms with Crippen molar-refractivity contribution in [2.24, 2.45) is 7.05 Å². The highest BCUT2D eigenvalue weighted by atomic mass is 16.6. The van der Waals surface area contributed by atoms with Crippen molar-refractivity contribution in [2.45, 2.75) is 12.5 Å². The van der Waals surface area contributed by atoms with Gasteiger partial charge in [-0.15, -0.1) is 0 Å². The molecule has 1 aliphatic heterocycles. The minimum absolute atomic E-state index is 0.0426. The molecule has 0 radical (unpaired) electrons. The van der Waals surface area contributed by atoms with Crippen LogP contribution in [0.3, 0.4) is 0 Å². The van der Waals surface area contributed by atoms with Gasteiger partial charge in [0.05, 0.1) is 31.2 Å². The zero-order chi connectivity index (χ0) is 15.0. The fourth-order valence-electron chi connectivity index (χ4n) is 2.37. The molecule has 0 saturated carbocycles. The number of aryl methyl sites for hydroxylation is 1. The zero-order valence-electron chi connectivity index (χ0n) is 11.8. The molecule has 2 heterocycles. The van der Waals surface area contributed by atoms with Crippen molar-refractivity contribution < 1.29 is 19.3 Å². The lowest BCUT2D eigenvalue weighted by Gasteiger charge is -2.16. The van der Waals surface area contributed by atoms with Crippen LogP contribution in [-0.2, 0) is 11.8 Å². The zero-order valence-corrected chi connectivity index (χ0v) is 11.8. The highest BCUT2D eigenvalue weighted by Gasteiger charge is 2.20. The van der Waals surface area contributed by atoms with Gasteiger partial charge >= 0.3 is 5.69 Å². The predicted octanol–water partition coefficient (Wildman–Crippen LogP) is 0.815. The minimum Gasteiger partial charge on any atom is -0.493 e. The number of nitrogens with zero attached hydrogens (tertiary/aromatic N) is 2. The van der Waals surface area contributed by atoms with Gasteiger partial charge in [0, 0.05) is 19.5 Å². The van der Waals surface area contributed by atoms with Crippen LogP contribution < -0.4 is 15.2 Å². The fraction of sp³-hybridized carbons (Fsp3) is 0.429. The molecule has 0 unspecified atom stereocenters. The van der Waals surface area contributed by atoms with E-state index in [4.69, 9.17) is 14.2 Å². The van der Waals surface area contributed by atoms with Gasteiger partial charge < -0.3 is 19.3 Å². The third kappa shape index (κ3) is 2.40. The van der Waals surface area contributed by atoms with Crippen LogP contribution >= 0.6 is 0 Å². The second-order valence-electron chi connectivity index (χ2n) is 4.90. The average molecular weight is 292 g/mol. The third-order valence-electron chi connectivity index (χ3n) is 3.55. The summed E-state index contributed by atoms with van der Waals surface area (Å²) in [5, 5.41) is 10.3. The molecule has 1 saturated heterocycles. The van der Waals surface area contributed by atoms with Gasteiger partial charge in [-0.25, -0.2) is 4.79 Å². The van der Waals surface area contributed by atoms with Crippen molar-refractivity contribution in [3.05, 3.63) is 22.6 Å². The fourth-order valence-corrected chi connectivity index (χ4v) is 2.37. The number of ether oxygens (including phenoxy) is 3. The average Bonchev–Trinajstić information content (AvgIpc) is 2.97. The Morgan fingerprint density at radius 2 is 2.24 bits per heavy atom. The van der Waals surface area contributed by atoms with E-state index in [0.717, 1.165) is 6.42 Å². The Bertz CT molecular complexity index is 734. The van der Waals surface area contributed by atoms with Crippen LogP contribution in [0.15, 0.2) is 16.9 Å². The normalized spacial score (nSPS) is 18.1. The number of rotatable bonds is 3. The van der Waals surface area contributed by atoms with E-state index in [1.165, 1.54) is 11.7 Å². The molecule has 3 rings (SSSR count). The largest absolute Gasteiger partial charge is 0.493 e. The standard InChI is InChI=1S/C14H16N2O5/c1-16-10-6-11(19-2)12(21-8-3-4-20-7-8)5-9(10)13(17)15-14(16)18/h5-6,8H,3-4,7H2,1-2H3,(H,15,17,18)/t8-/m0/s1. The molecule has 0 bridgehead atoms. The van der Waals surface area contributed by atoms with Gasteiger partial charge in [-0.2, -0.15) is 4.98 Å². The molecule has 2 aromatic rings. The van der Waals surface area contributed by atoms with Gasteiger partial charge in [0.1, 0.15) is 6.10 Å². The van der Waals surface area contributed by atoms with Crippen molar-refractivity contribution >= 4 is 10.9 Å². The smallest absolute Gasteiger partial charge is 0.351 e. The lowest BCUT2D eigenvalue weighted by molar-refractivity contribution is 0.139. The monoisotopic (exact) mass is 292 g/mol. The second-order valence-corrected chi connectivity index (χ2v) is 4.90. The van der Waals surface area contributed by atoms with Crippen molar-refractivity contribution in [3.63, 3.8) is 0 Å². The number of aromatic nitrogens is 2. The highest BCUT2D eigenvalue weighted by Crippen LogP contribution is 2.35. The summed E-state index contributed by atoms with van der Waals surface area (Å²) >= 11 is 0. The molecule has 0 spiro atoms. The van der Waals surface area contributed by atoms with Gasteiger partial charge in [0.15, 0.2) is 11.5 Å². The van der Waals surface area contributed by atoms with Gasteiger partial charge in [-0.05, 0) is 6.07 Å². The second kappa shape index (κ2) is 5.25. The first-order chi connectivity index (χ1) is 10.1. The quantitative estimate of drug-likeness (QED) is 0.901. The highest BCUT2D eigenvalue weighted by molar-refractivity contribution is 5.87. The molecule has 112 valence electrons. The number of methoxy groups -OCH3 is 1. The van der Waals surface area contributed by atoms with E-state index in [2.05, 4.69) is 4.98 Å². The molecule has 7 nitrogen and oxygen atoms in total. The van der Waals surface area contributed by atoms with Crippen LogP contribution in [0.4, 0.5) is 0 Å². The summed E-state index contributed by atoms with van der Waals surface area (Å²) < 4.78 is 17.8. The van der Waals surface area contributed by atoms with Crippen molar-refractivity contribution in [2.75, 3.05) is 20.3 Å². The van der Waals surface area contributed by atoms with E-state index in [-0.39, 0.29) is 12.0 Å². The first-order valence-electron chi connectivity index (χ1n) is 6.62. The number of benzene rings is 1. The molecule has 1 fully saturated rings. The van der Waals surface area contributed by atoms with Crippen molar-refractivity contribution in [1.82, 2.24) is 9.55 Å². The molecule has 1 aliphatic rings. The summed E-state index contributed by atoms with van der Waals surface area (Å²) in [5.41, 5.74) is -0.000661. The number of fused-ring (bicyclic) bond motifs is 1. The van der Waals surface area contributed by atoms with E-state index in [1.54, 1.807) is 19.2 Å². The Kier molecular flexibility index (Phi) is 3.42. The number of hydrogen-bond acceptors (Lipinski definition) is 6. The SMILES string of the molecule is COc1cc2c(cc1O[C@H]1CCOC1)c(O)nc(=O)n2C. The third-order valence-corrected chi connectivity index (χ3v) is 3.55. The van der Waals surface area contributed by atoms with Gasteiger partial charge in [-0.1, -0.05) is 0 Å². The summed E-state index contributed by atoms with van der Waals surface area (Å²) in [4.78, 5) is 15.2. The van der Waals surface area contributed by atoms with Crippen LogP contribution in [0.2, 0.25) is 0 Å². The van der Waals surface area contributed by atoms with E-state index in [0.29, 0.717) is 35.6 Å². The van der Waals surface area contributed by atoms with Gasteiger partial charge in [0.2, 0.25) is 5.88 Å². The molecule has 1 aromatic heterocycles. The van der Waals surface area contributed by atoms with Crippen LogP contribution in [0, 0.1) is 0 Å². The summed E-state index contributed by atoms with van der Waals surface area (Å²) in [5.74, 6) is 0.675. The summed E-state index contributed by atoms with van der Waals surface area (Å²) in [6, 6.07) is 3.29. The van der Waals surface area contributed by atoms with E-state index in [1.807, 2.05) is 0 Å². The minimum atomic E-state index is -0.528. The first kappa shape index (κ1) is 13.7. The van der Waals surface area contributed by atoms with Gasteiger partial charge in [0.25, 0.3) is 0 Å². The number of aromatic hydroxyl groups is 1. The Balaban J connectivity index is 2.13. The maximum absolute atomic E-state index is 11.6. The molecule has 0 amide bonds. The molecule has 7 heteroatoms. The van der Waals surface area contributed by atoms with Crippen LogP contribution in [0.5, 0.6) is 17.4 Å². The van der Waals surface area contributed by atoms with E-state index in [9.17, 15) is 9.90 Å². The lowest BCUT2D eigenvalue weighted by Crippen LogP contribution is -2.20. The molecular formula is C14H16N2O5. The Morgan fingerprint density at radius 1 is 1.43 bits per heavy atom. The maximum Gasteiger partial charge on any atom is 0.351 e. The Morgan fingerprint density at radius 3 is 2.90 bits per heavy atom. The van der Waals surface area contributed by atoms with Crippen LogP contribution in [-0.4, -0.2) is 41.1 Å². The summed E-state index contributed by atoms with van der Waals surface area (Å²) in [7, 11) is 3.11. The van der Waals surface area contributed by atoms with Crippen molar-refractivity contribution in [3.8, 4) is 17.4 Å². The molecule has 21 heavy (non-hydrogen) atoms. The van der Waals surface area contributed by atoms with Crippen LogP contribution in [0.1, 0.15) is 6.42 Å². The van der Waals surface area contributed by atoms with E-state index >= 15 is 0 Å². The predicted molar refractivity (Wildman–Crippen MR) is 75.1 cm³/mol. The first-order valence-corrected chi connectivity index (χ1v) is 6.62. The van der Waals surface area contributed by atoms with E-state index < -0.39 is 5.69 Å². The molecule has 1 aromatic carbocycles. The maximum atomic E-state index is 11.6. The Labute approximate surface area is 120 Å².